The zero-order valence-corrected chi connectivity index (χ0v) is 9.52. The van der Waals surface area contributed by atoms with Gasteiger partial charge in [0, 0.05) is 6.07 Å². The molecule has 5 heteroatoms. The Balaban J connectivity index is 2.41. The lowest BCUT2D eigenvalue weighted by Gasteiger charge is -2.08. The molecule has 0 heterocycles. The minimum atomic E-state index is -4.29. The number of rotatable bonds is 3. The molecule has 2 aromatic rings. The van der Waals surface area contributed by atoms with E-state index in [1.807, 2.05) is 0 Å². The molecule has 87 valence electrons. The number of hydrogen-bond acceptors (Lipinski definition) is 3. The van der Waals surface area contributed by atoms with Crippen LogP contribution in [0.25, 0.3) is 0 Å². The molecule has 4 nitrogen and oxygen atoms in total. The molecule has 0 amide bonds. The molecule has 0 aliphatic rings. The van der Waals surface area contributed by atoms with Crippen molar-refractivity contribution in [3.8, 4) is 11.5 Å². The lowest BCUT2D eigenvalue weighted by Crippen LogP contribution is -2.00. The molecule has 0 fully saturated rings. The lowest BCUT2D eigenvalue weighted by molar-refractivity contribution is 0.449. The van der Waals surface area contributed by atoms with Crippen LogP contribution in [0.2, 0.25) is 0 Å². The number of benzene rings is 2. The Labute approximate surface area is 99.2 Å². The molecule has 0 aromatic heterocycles. The van der Waals surface area contributed by atoms with Gasteiger partial charge in [0.1, 0.15) is 16.4 Å². The Bertz CT molecular complexity index is 605. The molecule has 0 aliphatic heterocycles. The summed E-state index contributed by atoms with van der Waals surface area (Å²) in [4.78, 5) is -0.266. The van der Waals surface area contributed by atoms with Crippen LogP contribution in [0.4, 0.5) is 0 Å². The molecule has 0 atom stereocenters. The summed E-state index contributed by atoms with van der Waals surface area (Å²) >= 11 is 0. The molecule has 1 N–H and O–H groups in total. The van der Waals surface area contributed by atoms with Gasteiger partial charge in [-0.15, -0.1) is 0 Å². The largest absolute Gasteiger partial charge is 0.455 e. The van der Waals surface area contributed by atoms with Gasteiger partial charge in [-0.1, -0.05) is 30.3 Å². The van der Waals surface area contributed by atoms with Crippen molar-refractivity contribution in [1.82, 2.24) is 0 Å². The quantitative estimate of drug-likeness (QED) is 0.849. The Kier molecular flexibility index (Phi) is 3.12. The van der Waals surface area contributed by atoms with Crippen LogP contribution >= 0.6 is 0 Å². The van der Waals surface area contributed by atoms with E-state index >= 15 is 0 Å². The van der Waals surface area contributed by atoms with Gasteiger partial charge in [0.05, 0.1) is 0 Å². The van der Waals surface area contributed by atoms with Crippen LogP contribution < -0.4 is 4.74 Å². The van der Waals surface area contributed by atoms with Crippen LogP contribution in [0.3, 0.4) is 0 Å². The van der Waals surface area contributed by atoms with Gasteiger partial charge in [0.2, 0.25) is 0 Å². The van der Waals surface area contributed by atoms with E-state index < -0.39 is 10.1 Å². The minimum Gasteiger partial charge on any atom is -0.455 e. The Morgan fingerprint density at radius 3 is 2.41 bits per heavy atom. The van der Waals surface area contributed by atoms with Gasteiger partial charge in [-0.2, -0.15) is 8.42 Å². The van der Waals surface area contributed by atoms with Crippen LogP contribution in [-0.2, 0) is 10.1 Å². The van der Waals surface area contributed by atoms with E-state index in [0.717, 1.165) is 0 Å². The third-order valence-electron chi connectivity index (χ3n) is 2.03. The minimum absolute atomic E-state index is 0.0671. The SMILES string of the molecule is O=S(=O)(O)c1ccccc1Oc1[c]cccc1. The van der Waals surface area contributed by atoms with Gasteiger partial charge in [-0.3, -0.25) is 4.55 Å². The van der Waals surface area contributed by atoms with Crippen LogP contribution in [0.1, 0.15) is 0 Å². The first-order valence-corrected chi connectivity index (χ1v) is 6.22. The normalized spacial score (nSPS) is 11.1. The molecule has 17 heavy (non-hydrogen) atoms. The van der Waals surface area contributed by atoms with Crippen molar-refractivity contribution < 1.29 is 17.7 Å². The maximum absolute atomic E-state index is 11.1. The molecule has 1 radical (unpaired) electrons. The van der Waals surface area contributed by atoms with Crippen molar-refractivity contribution >= 4 is 10.1 Å². The lowest BCUT2D eigenvalue weighted by atomic mass is 10.3. The summed E-state index contributed by atoms with van der Waals surface area (Å²) in [6.45, 7) is 0. The summed E-state index contributed by atoms with van der Waals surface area (Å²) in [5.41, 5.74) is 0. The first kappa shape index (κ1) is 11.6. The first-order chi connectivity index (χ1) is 8.07. The van der Waals surface area contributed by atoms with Crippen LogP contribution in [0.15, 0.2) is 53.4 Å². The summed E-state index contributed by atoms with van der Waals surface area (Å²) in [6.07, 6.45) is 0. The summed E-state index contributed by atoms with van der Waals surface area (Å²) in [7, 11) is -4.29. The van der Waals surface area contributed by atoms with Crippen LogP contribution in [0.5, 0.6) is 11.5 Å². The third kappa shape index (κ3) is 2.83. The van der Waals surface area contributed by atoms with Crippen LogP contribution in [-0.4, -0.2) is 13.0 Å². The van der Waals surface area contributed by atoms with Crippen LogP contribution in [0, 0.1) is 6.07 Å². The van der Waals surface area contributed by atoms with Gasteiger partial charge in [-0.25, -0.2) is 0 Å². The highest BCUT2D eigenvalue weighted by Gasteiger charge is 2.16. The van der Waals surface area contributed by atoms with Gasteiger partial charge in [-0.05, 0) is 18.2 Å². The molecule has 0 unspecified atom stereocenters. The van der Waals surface area contributed by atoms with Crippen molar-refractivity contribution in [1.29, 1.82) is 0 Å². The van der Waals surface area contributed by atoms with E-state index in [-0.39, 0.29) is 10.6 Å². The van der Waals surface area contributed by atoms with E-state index in [1.165, 1.54) is 18.2 Å². The van der Waals surface area contributed by atoms with Crippen molar-refractivity contribution in [3.05, 3.63) is 54.6 Å². The number of ether oxygens (including phenoxy) is 1. The second kappa shape index (κ2) is 4.57. The highest BCUT2D eigenvalue weighted by atomic mass is 32.2. The molecular weight excluding hydrogens is 240 g/mol. The van der Waals surface area contributed by atoms with Crippen molar-refractivity contribution in [2.75, 3.05) is 0 Å². The summed E-state index contributed by atoms with van der Waals surface area (Å²) < 4.78 is 36.6. The predicted octanol–water partition coefficient (Wildman–Crippen LogP) is 2.53. The number of hydrogen-bond donors (Lipinski definition) is 1. The van der Waals surface area contributed by atoms with Gasteiger partial charge >= 0.3 is 0 Å². The monoisotopic (exact) mass is 249 g/mol. The van der Waals surface area contributed by atoms with Crippen molar-refractivity contribution in [2.45, 2.75) is 4.90 Å². The van der Waals surface area contributed by atoms with E-state index in [0.29, 0.717) is 5.75 Å². The van der Waals surface area contributed by atoms with Crippen molar-refractivity contribution in [2.24, 2.45) is 0 Å². The van der Waals surface area contributed by atoms with E-state index in [4.69, 9.17) is 9.29 Å². The molecular formula is C12H9O4S. The molecule has 2 rings (SSSR count). The zero-order valence-electron chi connectivity index (χ0n) is 8.70. The van der Waals surface area contributed by atoms with Crippen molar-refractivity contribution in [3.63, 3.8) is 0 Å². The highest BCUT2D eigenvalue weighted by molar-refractivity contribution is 7.86. The maximum atomic E-state index is 11.1. The van der Waals surface area contributed by atoms with E-state index in [2.05, 4.69) is 6.07 Å². The van der Waals surface area contributed by atoms with E-state index in [1.54, 1.807) is 30.3 Å². The molecule has 0 bridgehead atoms. The Morgan fingerprint density at radius 2 is 1.76 bits per heavy atom. The standard InChI is InChI=1S/C12H9O4S/c13-17(14,15)12-9-5-4-8-11(12)16-10-6-2-1-3-7-10/h1-6,8-9H,(H,13,14,15). The van der Waals surface area contributed by atoms with E-state index in [9.17, 15) is 8.42 Å². The third-order valence-corrected chi connectivity index (χ3v) is 2.92. The second-order valence-electron chi connectivity index (χ2n) is 3.25. The molecule has 0 saturated carbocycles. The molecule has 0 aliphatic carbocycles. The Morgan fingerprint density at radius 1 is 1.06 bits per heavy atom. The zero-order chi connectivity index (χ0) is 12.3. The topological polar surface area (TPSA) is 63.6 Å². The molecule has 2 aromatic carbocycles. The second-order valence-corrected chi connectivity index (χ2v) is 4.64. The highest BCUT2D eigenvalue weighted by Crippen LogP contribution is 2.27. The fourth-order valence-electron chi connectivity index (χ4n) is 1.31. The van der Waals surface area contributed by atoms with Gasteiger partial charge in [0.15, 0.2) is 0 Å². The smallest absolute Gasteiger partial charge is 0.298 e. The average molecular weight is 249 g/mol. The first-order valence-electron chi connectivity index (χ1n) is 4.78. The molecule has 0 spiro atoms. The molecule has 0 saturated heterocycles. The van der Waals surface area contributed by atoms with Gasteiger partial charge < -0.3 is 4.74 Å². The summed E-state index contributed by atoms with van der Waals surface area (Å²) in [5, 5.41) is 0. The Hall–Kier alpha value is -1.85. The number of para-hydroxylation sites is 2. The fraction of sp³-hybridized carbons (Fsp3) is 0. The summed E-state index contributed by atoms with van der Waals surface area (Å²) in [6, 6.07) is 15.4. The summed E-state index contributed by atoms with van der Waals surface area (Å²) in [5.74, 6) is 0.445. The fourth-order valence-corrected chi connectivity index (χ4v) is 1.92. The maximum Gasteiger partial charge on any atom is 0.298 e. The predicted molar refractivity (Wildman–Crippen MR) is 61.6 cm³/mol. The average Bonchev–Trinajstić information content (AvgIpc) is 2.30. The van der Waals surface area contributed by atoms with Gasteiger partial charge in [0.25, 0.3) is 10.1 Å².